The van der Waals surface area contributed by atoms with Crippen LogP contribution in [0.3, 0.4) is 0 Å². The van der Waals surface area contributed by atoms with E-state index in [-0.39, 0.29) is 17.1 Å². The maximum absolute atomic E-state index is 11.3. The van der Waals surface area contributed by atoms with Gasteiger partial charge in [-0.3, -0.25) is 4.90 Å². The molecular weight excluding hydrogens is 144 g/mol. The predicted octanol–water partition coefficient (Wildman–Crippen LogP) is -0.0381. The van der Waals surface area contributed by atoms with Gasteiger partial charge in [0.15, 0.2) is 0 Å². The first-order valence-corrected chi connectivity index (χ1v) is 3.53. The number of hydrogen-bond donors (Lipinski definition) is 1. The van der Waals surface area contributed by atoms with Gasteiger partial charge in [0, 0.05) is 7.05 Å². The Morgan fingerprint density at radius 1 is 1.73 bits per heavy atom. The predicted molar refractivity (Wildman–Crippen MR) is 40.4 cm³/mol. The summed E-state index contributed by atoms with van der Waals surface area (Å²) in [4.78, 5) is 12.9. The van der Waals surface area contributed by atoms with Crippen LogP contribution in [0.5, 0.6) is 0 Å². The quantitative estimate of drug-likeness (QED) is 0.571. The zero-order chi connectivity index (χ0) is 8.48. The van der Waals surface area contributed by atoms with Gasteiger partial charge in [0.1, 0.15) is 12.7 Å². The number of carbonyl (C=O) groups excluding carboxylic acids is 1. The summed E-state index contributed by atoms with van der Waals surface area (Å²) >= 11 is 0. The Bertz CT molecular complexity index is 203. The number of nitrogens with zero attached hydrogens (tertiary/aromatic N) is 2. The topological polar surface area (TPSA) is 40.5 Å². The van der Waals surface area contributed by atoms with Crippen LogP contribution in [0.2, 0.25) is 0 Å². The minimum absolute atomic E-state index is 0.000880. The van der Waals surface area contributed by atoms with Gasteiger partial charge in [0.2, 0.25) is 0 Å². The summed E-state index contributed by atoms with van der Waals surface area (Å²) in [6.07, 6.45) is 3.50. The molecule has 1 aliphatic heterocycles. The van der Waals surface area contributed by atoms with Crippen molar-refractivity contribution in [2.45, 2.75) is 0 Å². The average molecular weight is 157 g/mol. The molecule has 0 radical (unpaired) electrons. The Kier molecular flexibility index (Phi) is 1.97. The number of amides is 2. The Morgan fingerprint density at radius 2 is 2.36 bits per heavy atom. The van der Waals surface area contributed by atoms with E-state index in [1.165, 1.54) is 4.90 Å². The van der Waals surface area contributed by atoms with Crippen molar-refractivity contribution in [3.05, 3.63) is 12.4 Å². The van der Waals surface area contributed by atoms with Gasteiger partial charge in [0.25, 0.3) is 0 Å². The Balaban J connectivity index is 2.73. The second kappa shape index (κ2) is 2.64. The highest BCUT2D eigenvalue weighted by Crippen LogP contribution is 2.15. The van der Waals surface area contributed by atoms with Gasteiger partial charge in [-0.15, -0.1) is 0 Å². The fourth-order valence-electron chi connectivity index (χ4n) is 1.11. The van der Waals surface area contributed by atoms with E-state index in [9.17, 15) is 4.79 Å². The van der Waals surface area contributed by atoms with Crippen LogP contribution in [-0.2, 0) is 0 Å². The fraction of sp³-hybridized carbons (Fsp3) is 0.571. The molecule has 0 aromatic rings. The first kappa shape index (κ1) is 8.23. The first-order valence-electron chi connectivity index (χ1n) is 3.53. The van der Waals surface area contributed by atoms with Crippen LogP contribution in [-0.4, -0.2) is 47.8 Å². The van der Waals surface area contributed by atoms with Crippen LogP contribution in [0.25, 0.3) is 0 Å². The lowest BCUT2D eigenvalue weighted by molar-refractivity contribution is -0.774. The molecule has 1 atom stereocenters. The van der Waals surface area contributed by atoms with Crippen molar-refractivity contribution in [1.29, 1.82) is 0 Å². The van der Waals surface area contributed by atoms with E-state index in [0.29, 0.717) is 6.54 Å². The van der Waals surface area contributed by atoms with Crippen molar-refractivity contribution in [2.75, 3.05) is 27.2 Å². The van der Waals surface area contributed by atoms with Crippen LogP contribution in [0.1, 0.15) is 0 Å². The molecule has 0 bridgehead atoms. The molecule has 62 valence electrons. The van der Waals surface area contributed by atoms with Crippen LogP contribution in [0.15, 0.2) is 12.4 Å². The third kappa shape index (κ3) is 1.27. The van der Waals surface area contributed by atoms with Crippen molar-refractivity contribution < 1.29 is 14.4 Å². The summed E-state index contributed by atoms with van der Waals surface area (Å²) in [6.45, 7) is 0.472. The van der Waals surface area contributed by atoms with Crippen LogP contribution >= 0.6 is 0 Å². The molecule has 1 rings (SSSR count). The van der Waals surface area contributed by atoms with Crippen molar-refractivity contribution in [1.82, 2.24) is 4.90 Å². The maximum Gasteiger partial charge on any atom is 0.427 e. The smallest absolute Gasteiger partial charge is 0.390 e. The molecule has 4 nitrogen and oxygen atoms in total. The molecule has 1 unspecified atom stereocenters. The van der Waals surface area contributed by atoms with Crippen molar-refractivity contribution in [3.8, 4) is 0 Å². The van der Waals surface area contributed by atoms with Crippen molar-refractivity contribution >= 4 is 6.03 Å². The lowest BCUT2D eigenvalue weighted by atomic mass is 10.5. The van der Waals surface area contributed by atoms with Gasteiger partial charge in [-0.05, 0) is 0 Å². The molecule has 11 heavy (non-hydrogen) atoms. The lowest BCUT2D eigenvalue weighted by Crippen LogP contribution is -2.46. The van der Waals surface area contributed by atoms with Crippen molar-refractivity contribution in [2.24, 2.45) is 0 Å². The monoisotopic (exact) mass is 157 g/mol. The van der Waals surface area contributed by atoms with Crippen LogP contribution in [0, 0.1) is 0 Å². The number of rotatable bonds is 2. The highest BCUT2D eigenvalue weighted by atomic mass is 16.3. The minimum Gasteiger partial charge on any atom is -0.390 e. The third-order valence-electron chi connectivity index (χ3n) is 1.92. The Morgan fingerprint density at radius 3 is 2.73 bits per heavy atom. The molecule has 0 aromatic heterocycles. The molecule has 0 fully saturated rings. The molecule has 0 aliphatic carbocycles. The summed E-state index contributed by atoms with van der Waals surface area (Å²) in [5.74, 6) is 0. The van der Waals surface area contributed by atoms with E-state index >= 15 is 0 Å². The van der Waals surface area contributed by atoms with E-state index < -0.39 is 0 Å². The van der Waals surface area contributed by atoms with Crippen molar-refractivity contribution in [3.63, 3.8) is 0 Å². The number of likely N-dealkylation sites (N-methyl/N-ethyl adjacent to an activating group) is 1. The van der Waals surface area contributed by atoms with Gasteiger partial charge < -0.3 is 5.11 Å². The summed E-state index contributed by atoms with van der Waals surface area (Å²) in [5, 5.41) is 8.68. The summed E-state index contributed by atoms with van der Waals surface area (Å²) in [7, 11) is 3.48. The number of quaternary nitrogens is 1. The zero-order valence-corrected chi connectivity index (χ0v) is 6.82. The molecule has 4 heteroatoms. The largest absolute Gasteiger partial charge is 0.427 e. The number of hydrogen-bond acceptors (Lipinski definition) is 2. The summed E-state index contributed by atoms with van der Waals surface area (Å²) in [5.41, 5.74) is 0. The highest BCUT2D eigenvalue weighted by Gasteiger charge is 2.36. The highest BCUT2D eigenvalue weighted by molar-refractivity contribution is 5.70. The van der Waals surface area contributed by atoms with Crippen LogP contribution in [0.4, 0.5) is 4.79 Å². The van der Waals surface area contributed by atoms with Gasteiger partial charge >= 0.3 is 6.03 Å². The SMILES string of the molecule is CN1C=C[N+](C)(CCO)C1=O. The molecule has 0 aromatic carbocycles. The number of aliphatic hydroxyl groups excluding tert-OH is 1. The number of urea groups is 1. The third-order valence-corrected chi connectivity index (χ3v) is 1.92. The fourth-order valence-corrected chi connectivity index (χ4v) is 1.11. The molecule has 0 spiro atoms. The summed E-state index contributed by atoms with van der Waals surface area (Å²) < 4.78 is 0.174. The Hall–Kier alpha value is -0.870. The second-order valence-corrected chi connectivity index (χ2v) is 2.91. The van der Waals surface area contributed by atoms with Crippen LogP contribution < -0.4 is 0 Å². The molecule has 1 N–H and O–H groups in total. The molecule has 2 amide bonds. The molecular formula is C7H13N2O2+. The molecule has 0 saturated carbocycles. The molecule has 1 heterocycles. The number of carbonyl (C=O) groups is 1. The van der Waals surface area contributed by atoms with E-state index in [4.69, 9.17) is 5.11 Å². The second-order valence-electron chi connectivity index (χ2n) is 2.91. The minimum atomic E-state index is -0.000880. The molecule has 1 aliphatic rings. The molecule has 0 saturated heterocycles. The van der Waals surface area contributed by atoms with E-state index in [2.05, 4.69) is 0 Å². The maximum atomic E-state index is 11.3. The van der Waals surface area contributed by atoms with Gasteiger partial charge in [-0.1, -0.05) is 0 Å². The Labute approximate surface area is 65.9 Å². The van der Waals surface area contributed by atoms with Gasteiger partial charge in [-0.2, -0.15) is 0 Å². The zero-order valence-electron chi connectivity index (χ0n) is 6.82. The standard InChI is InChI=1S/C7H13N2O2/c1-8-3-4-9(2,5-6-10)7(8)11/h3-4,10H,5-6H2,1-2H3/q+1. The van der Waals surface area contributed by atoms with E-state index in [0.717, 1.165) is 0 Å². The number of aliphatic hydroxyl groups is 1. The lowest BCUT2D eigenvalue weighted by Gasteiger charge is -2.22. The van der Waals surface area contributed by atoms with Gasteiger partial charge in [0.05, 0.1) is 19.9 Å². The normalized spacial score (nSPS) is 30.1. The average Bonchev–Trinajstić information content (AvgIpc) is 2.19. The van der Waals surface area contributed by atoms with E-state index in [1.54, 1.807) is 26.5 Å². The van der Waals surface area contributed by atoms with Gasteiger partial charge in [-0.25, -0.2) is 9.28 Å². The van der Waals surface area contributed by atoms with E-state index in [1.807, 2.05) is 0 Å². The summed E-state index contributed by atoms with van der Waals surface area (Å²) in [6, 6.07) is -0.000880. The first-order chi connectivity index (χ1) is 5.10.